The van der Waals surface area contributed by atoms with Crippen molar-refractivity contribution in [2.24, 2.45) is 0 Å². The van der Waals surface area contributed by atoms with E-state index in [4.69, 9.17) is 4.74 Å². The van der Waals surface area contributed by atoms with Crippen LogP contribution < -0.4 is 0 Å². The van der Waals surface area contributed by atoms with Crippen molar-refractivity contribution in [1.82, 2.24) is 0 Å². The van der Waals surface area contributed by atoms with Gasteiger partial charge < -0.3 is 4.74 Å². The summed E-state index contributed by atoms with van der Waals surface area (Å²) in [6.45, 7) is 0.262. The minimum absolute atomic E-state index is 0.262. The second-order valence-electron chi connectivity index (χ2n) is 4.27. The summed E-state index contributed by atoms with van der Waals surface area (Å²) in [7, 11) is 0. The minimum Gasteiger partial charge on any atom is -0.374 e. The molecule has 0 amide bonds. The highest BCUT2D eigenvalue weighted by molar-refractivity contribution is 5.41. The molecule has 0 spiro atoms. The monoisotopic (exact) mass is 284 g/mol. The van der Waals surface area contributed by atoms with Crippen LogP contribution in [0.2, 0.25) is 0 Å². The van der Waals surface area contributed by atoms with Crippen LogP contribution in [-0.2, 0) is 17.1 Å². The molecule has 0 aliphatic carbocycles. The summed E-state index contributed by atoms with van der Waals surface area (Å²) in [6, 6.07) is 2.48. The fourth-order valence-corrected chi connectivity index (χ4v) is 2.21. The Morgan fingerprint density at radius 3 is 2.16 bits per heavy atom. The molecule has 2 rings (SSSR count). The molecule has 1 aliphatic rings. The molecule has 19 heavy (non-hydrogen) atoms. The predicted molar refractivity (Wildman–Crippen MR) is 54.4 cm³/mol. The van der Waals surface area contributed by atoms with Gasteiger partial charge in [0.25, 0.3) is 0 Å². The SMILES string of the molecule is FC(F)(F)c1cccc(C2CCCO2)c1C(F)(F)F. The lowest BCUT2D eigenvalue weighted by molar-refractivity contribution is -0.163. The summed E-state index contributed by atoms with van der Waals surface area (Å²) in [5, 5.41) is 0. The number of halogens is 6. The number of alkyl halides is 6. The molecule has 1 saturated heterocycles. The van der Waals surface area contributed by atoms with E-state index in [1.165, 1.54) is 0 Å². The van der Waals surface area contributed by atoms with Crippen LogP contribution in [0.3, 0.4) is 0 Å². The fourth-order valence-electron chi connectivity index (χ4n) is 2.21. The highest BCUT2D eigenvalue weighted by atomic mass is 19.4. The lowest BCUT2D eigenvalue weighted by atomic mass is 9.95. The van der Waals surface area contributed by atoms with E-state index in [-0.39, 0.29) is 6.61 Å². The molecule has 1 heterocycles. The van der Waals surface area contributed by atoms with Crippen molar-refractivity contribution < 1.29 is 31.1 Å². The third-order valence-corrected chi connectivity index (χ3v) is 2.96. The molecule has 1 aromatic carbocycles. The summed E-state index contributed by atoms with van der Waals surface area (Å²) < 4.78 is 82.0. The van der Waals surface area contributed by atoms with Crippen molar-refractivity contribution in [2.75, 3.05) is 6.61 Å². The first kappa shape index (κ1) is 14.2. The Balaban J connectivity index is 2.60. The first-order valence-electron chi connectivity index (χ1n) is 5.60. The second kappa shape index (κ2) is 4.70. The Hall–Kier alpha value is -1.24. The summed E-state index contributed by atoms with van der Waals surface area (Å²) in [6.07, 6.45) is -10.2. The van der Waals surface area contributed by atoms with E-state index >= 15 is 0 Å². The lowest BCUT2D eigenvalue weighted by Gasteiger charge is -2.21. The summed E-state index contributed by atoms with van der Waals surface area (Å²) in [5.74, 6) is 0. The maximum absolute atomic E-state index is 12.9. The molecule has 106 valence electrons. The van der Waals surface area contributed by atoms with Crippen molar-refractivity contribution >= 4 is 0 Å². The van der Waals surface area contributed by atoms with Gasteiger partial charge in [0.2, 0.25) is 0 Å². The highest BCUT2D eigenvalue weighted by Gasteiger charge is 2.45. The van der Waals surface area contributed by atoms with Crippen molar-refractivity contribution in [3.63, 3.8) is 0 Å². The fraction of sp³-hybridized carbons (Fsp3) is 0.500. The van der Waals surface area contributed by atoms with E-state index in [0.717, 1.165) is 12.1 Å². The van der Waals surface area contributed by atoms with Gasteiger partial charge in [-0.1, -0.05) is 12.1 Å². The van der Waals surface area contributed by atoms with Gasteiger partial charge in [0.1, 0.15) is 0 Å². The molecule has 0 saturated carbocycles. The van der Waals surface area contributed by atoms with Gasteiger partial charge in [-0.2, -0.15) is 26.3 Å². The number of rotatable bonds is 1. The van der Waals surface area contributed by atoms with Crippen molar-refractivity contribution in [3.05, 3.63) is 34.9 Å². The first-order chi connectivity index (χ1) is 8.71. The predicted octanol–water partition coefficient (Wildman–Crippen LogP) is 4.58. The zero-order valence-electron chi connectivity index (χ0n) is 9.61. The van der Waals surface area contributed by atoms with Gasteiger partial charge in [0.15, 0.2) is 0 Å². The normalized spacial score (nSPS) is 20.8. The van der Waals surface area contributed by atoms with Crippen LogP contribution in [0.1, 0.15) is 35.6 Å². The molecule has 1 nitrogen and oxygen atoms in total. The Morgan fingerprint density at radius 1 is 1.00 bits per heavy atom. The van der Waals surface area contributed by atoms with Gasteiger partial charge in [-0.15, -0.1) is 0 Å². The zero-order valence-corrected chi connectivity index (χ0v) is 9.61. The smallest absolute Gasteiger partial charge is 0.374 e. The van der Waals surface area contributed by atoms with Crippen LogP contribution >= 0.6 is 0 Å². The average molecular weight is 284 g/mol. The molecule has 1 unspecified atom stereocenters. The molecule has 0 N–H and O–H groups in total. The van der Waals surface area contributed by atoms with Gasteiger partial charge in [0.05, 0.1) is 17.2 Å². The van der Waals surface area contributed by atoms with Crippen molar-refractivity contribution in [3.8, 4) is 0 Å². The Bertz CT molecular complexity index is 456. The maximum atomic E-state index is 12.9. The Morgan fingerprint density at radius 2 is 1.68 bits per heavy atom. The number of benzene rings is 1. The molecular formula is C12H10F6O. The molecule has 0 aromatic heterocycles. The quantitative estimate of drug-likeness (QED) is 0.686. The van der Waals surface area contributed by atoms with E-state index < -0.39 is 35.1 Å². The Kier molecular flexibility index (Phi) is 3.51. The van der Waals surface area contributed by atoms with Crippen LogP contribution in [0.25, 0.3) is 0 Å². The molecule has 1 fully saturated rings. The van der Waals surface area contributed by atoms with E-state index in [1.807, 2.05) is 0 Å². The summed E-state index contributed by atoms with van der Waals surface area (Å²) >= 11 is 0. The minimum atomic E-state index is -5.06. The molecule has 0 radical (unpaired) electrons. The first-order valence-corrected chi connectivity index (χ1v) is 5.60. The zero-order chi connectivity index (χ0) is 14.3. The van der Waals surface area contributed by atoms with Gasteiger partial charge in [-0.25, -0.2) is 0 Å². The standard InChI is InChI=1S/C12H10F6O/c13-11(14,15)8-4-1-3-7(9-5-2-6-19-9)10(8)12(16,17)18/h1,3-4,9H,2,5-6H2. The topological polar surface area (TPSA) is 9.23 Å². The van der Waals surface area contributed by atoms with Crippen LogP contribution in [-0.4, -0.2) is 6.61 Å². The number of hydrogen-bond donors (Lipinski definition) is 0. The molecule has 1 atom stereocenters. The molecule has 1 aliphatic heterocycles. The molecule has 7 heteroatoms. The average Bonchev–Trinajstić information content (AvgIpc) is 2.79. The Labute approximate surface area is 105 Å². The van der Waals surface area contributed by atoms with Gasteiger partial charge in [-0.3, -0.25) is 0 Å². The molecule has 1 aromatic rings. The molecular weight excluding hydrogens is 274 g/mol. The highest BCUT2D eigenvalue weighted by Crippen LogP contribution is 2.45. The molecule has 0 bridgehead atoms. The van der Waals surface area contributed by atoms with E-state index in [9.17, 15) is 26.3 Å². The van der Waals surface area contributed by atoms with Gasteiger partial charge in [0, 0.05) is 6.61 Å². The third kappa shape index (κ3) is 2.86. The van der Waals surface area contributed by atoms with Gasteiger partial charge in [-0.05, 0) is 24.5 Å². The third-order valence-electron chi connectivity index (χ3n) is 2.96. The summed E-state index contributed by atoms with van der Waals surface area (Å²) in [4.78, 5) is 0. The maximum Gasteiger partial charge on any atom is 0.417 e. The van der Waals surface area contributed by atoms with E-state index in [0.29, 0.717) is 18.9 Å². The number of hydrogen-bond acceptors (Lipinski definition) is 1. The van der Waals surface area contributed by atoms with Crippen molar-refractivity contribution in [2.45, 2.75) is 31.3 Å². The second-order valence-corrected chi connectivity index (χ2v) is 4.27. The van der Waals surface area contributed by atoms with E-state index in [1.54, 1.807) is 0 Å². The lowest BCUT2D eigenvalue weighted by Crippen LogP contribution is -2.20. The largest absolute Gasteiger partial charge is 0.417 e. The van der Waals surface area contributed by atoms with Crippen LogP contribution in [0.5, 0.6) is 0 Å². The number of ether oxygens (including phenoxy) is 1. The van der Waals surface area contributed by atoms with Crippen LogP contribution in [0.4, 0.5) is 26.3 Å². The van der Waals surface area contributed by atoms with Crippen LogP contribution in [0, 0.1) is 0 Å². The van der Waals surface area contributed by atoms with Gasteiger partial charge >= 0.3 is 12.4 Å². The van der Waals surface area contributed by atoms with Crippen LogP contribution in [0.15, 0.2) is 18.2 Å². The van der Waals surface area contributed by atoms with E-state index in [2.05, 4.69) is 0 Å². The van der Waals surface area contributed by atoms with Crippen molar-refractivity contribution in [1.29, 1.82) is 0 Å². The summed E-state index contributed by atoms with van der Waals surface area (Å²) in [5.41, 5.74) is -3.72.